The Kier molecular flexibility index (Phi) is 4.00. The highest BCUT2D eigenvalue weighted by Gasteiger charge is 2.07. The third-order valence-electron chi connectivity index (χ3n) is 2.97. The Labute approximate surface area is 113 Å². The first kappa shape index (κ1) is 13.3. The van der Waals surface area contributed by atoms with Gasteiger partial charge in [-0.3, -0.25) is 4.98 Å². The van der Waals surface area contributed by atoms with Crippen LogP contribution in [0, 0.1) is 5.82 Å². The Morgan fingerprint density at radius 1 is 1.21 bits per heavy atom. The molecule has 1 heterocycles. The highest BCUT2D eigenvalue weighted by Crippen LogP contribution is 2.22. The van der Waals surface area contributed by atoms with E-state index in [1.807, 2.05) is 44.1 Å². The molecule has 19 heavy (non-hydrogen) atoms. The molecule has 0 saturated carbocycles. The molecule has 1 unspecified atom stereocenters. The van der Waals surface area contributed by atoms with Crippen molar-refractivity contribution in [2.75, 3.05) is 24.3 Å². The molecule has 1 aromatic carbocycles. The van der Waals surface area contributed by atoms with Crippen LogP contribution in [-0.2, 0) is 0 Å². The number of pyridine rings is 1. The van der Waals surface area contributed by atoms with Crippen molar-refractivity contribution in [1.82, 2.24) is 4.98 Å². The molecule has 0 saturated heterocycles. The molecule has 0 aliphatic rings. The van der Waals surface area contributed by atoms with Gasteiger partial charge in [0, 0.05) is 31.7 Å². The molecule has 1 N–H and O–H groups in total. The van der Waals surface area contributed by atoms with Crippen LogP contribution >= 0.6 is 0 Å². The minimum atomic E-state index is -0.312. The fourth-order valence-electron chi connectivity index (χ4n) is 1.87. The summed E-state index contributed by atoms with van der Waals surface area (Å²) in [5, 5.41) is 3.35. The number of anilines is 2. The average molecular weight is 259 g/mol. The first-order valence-corrected chi connectivity index (χ1v) is 6.20. The molecule has 100 valence electrons. The second kappa shape index (κ2) is 5.69. The quantitative estimate of drug-likeness (QED) is 0.911. The van der Waals surface area contributed by atoms with E-state index in [1.54, 1.807) is 6.20 Å². The fourth-order valence-corrected chi connectivity index (χ4v) is 1.87. The summed E-state index contributed by atoms with van der Waals surface area (Å²) in [4.78, 5) is 5.91. The van der Waals surface area contributed by atoms with Crippen LogP contribution in [0.2, 0.25) is 0 Å². The first-order valence-electron chi connectivity index (χ1n) is 6.20. The van der Waals surface area contributed by atoms with E-state index in [4.69, 9.17) is 0 Å². The van der Waals surface area contributed by atoms with Crippen molar-refractivity contribution in [2.45, 2.75) is 13.0 Å². The summed E-state index contributed by atoms with van der Waals surface area (Å²) >= 11 is 0. The summed E-state index contributed by atoms with van der Waals surface area (Å²) in [5.74, 6) is -0.312. The second-order valence-electron chi connectivity index (χ2n) is 4.75. The summed E-state index contributed by atoms with van der Waals surface area (Å²) in [6.45, 7) is 1.98. The highest BCUT2D eigenvalue weighted by atomic mass is 19.1. The minimum absolute atomic E-state index is 0.000567. The standard InChI is InChI=1S/C15H18FN3/c1-11(12-7-13(16)10-17-9-12)18-14-5-4-6-15(8-14)19(2)3/h4-11,18H,1-3H3. The molecule has 2 aromatic rings. The van der Waals surface area contributed by atoms with Gasteiger partial charge >= 0.3 is 0 Å². The Bertz CT molecular complexity index is 555. The maximum atomic E-state index is 13.1. The molecule has 0 amide bonds. The molecule has 0 fully saturated rings. The fraction of sp³-hybridized carbons (Fsp3) is 0.267. The molecule has 0 spiro atoms. The zero-order chi connectivity index (χ0) is 13.8. The Morgan fingerprint density at radius 3 is 2.68 bits per heavy atom. The van der Waals surface area contributed by atoms with Crippen molar-refractivity contribution in [2.24, 2.45) is 0 Å². The van der Waals surface area contributed by atoms with Crippen molar-refractivity contribution in [3.63, 3.8) is 0 Å². The zero-order valence-corrected chi connectivity index (χ0v) is 11.4. The van der Waals surface area contributed by atoms with Gasteiger partial charge < -0.3 is 10.2 Å². The lowest BCUT2D eigenvalue weighted by Gasteiger charge is -2.18. The molecule has 0 radical (unpaired) electrons. The van der Waals surface area contributed by atoms with Gasteiger partial charge in [0.25, 0.3) is 0 Å². The van der Waals surface area contributed by atoms with Crippen LogP contribution in [-0.4, -0.2) is 19.1 Å². The summed E-state index contributed by atoms with van der Waals surface area (Å²) in [5.41, 5.74) is 2.95. The molecule has 1 atom stereocenters. The van der Waals surface area contributed by atoms with Gasteiger partial charge in [0.15, 0.2) is 0 Å². The topological polar surface area (TPSA) is 28.2 Å². The van der Waals surface area contributed by atoms with Crippen LogP contribution in [0.4, 0.5) is 15.8 Å². The molecule has 1 aromatic heterocycles. The number of aromatic nitrogens is 1. The van der Waals surface area contributed by atoms with E-state index >= 15 is 0 Å². The van der Waals surface area contributed by atoms with Gasteiger partial charge in [-0.2, -0.15) is 0 Å². The van der Waals surface area contributed by atoms with Gasteiger partial charge in [0.1, 0.15) is 5.82 Å². The van der Waals surface area contributed by atoms with Crippen LogP contribution in [0.3, 0.4) is 0 Å². The van der Waals surface area contributed by atoms with Crippen molar-refractivity contribution in [1.29, 1.82) is 0 Å². The second-order valence-corrected chi connectivity index (χ2v) is 4.75. The Balaban J connectivity index is 2.14. The monoisotopic (exact) mass is 259 g/mol. The van der Waals surface area contributed by atoms with Crippen molar-refractivity contribution >= 4 is 11.4 Å². The van der Waals surface area contributed by atoms with E-state index < -0.39 is 0 Å². The maximum absolute atomic E-state index is 13.1. The van der Waals surface area contributed by atoms with E-state index in [1.165, 1.54) is 12.3 Å². The first-order chi connectivity index (χ1) is 9.06. The smallest absolute Gasteiger partial charge is 0.141 e. The molecular formula is C15H18FN3. The molecule has 0 bridgehead atoms. The number of hydrogen-bond acceptors (Lipinski definition) is 3. The van der Waals surface area contributed by atoms with E-state index in [0.29, 0.717) is 0 Å². The summed E-state index contributed by atoms with van der Waals surface area (Å²) in [7, 11) is 4.00. The van der Waals surface area contributed by atoms with Crippen molar-refractivity contribution < 1.29 is 4.39 Å². The number of benzene rings is 1. The lowest BCUT2D eigenvalue weighted by molar-refractivity contribution is 0.616. The predicted octanol–water partition coefficient (Wildman–Crippen LogP) is 3.46. The lowest BCUT2D eigenvalue weighted by atomic mass is 10.1. The summed E-state index contributed by atoms with van der Waals surface area (Å²) in [6.07, 6.45) is 2.89. The van der Waals surface area contributed by atoms with E-state index in [-0.39, 0.29) is 11.9 Å². The van der Waals surface area contributed by atoms with E-state index in [2.05, 4.69) is 16.4 Å². The largest absolute Gasteiger partial charge is 0.378 e. The third-order valence-corrected chi connectivity index (χ3v) is 2.97. The van der Waals surface area contributed by atoms with Gasteiger partial charge in [0.2, 0.25) is 0 Å². The van der Waals surface area contributed by atoms with Crippen LogP contribution < -0.4 is 10.2 Å². The van der Waals surface area contributed by atoms with Gasteiger partial charge in [-0.15, -0.1) is 0 Å². The number of hydrogen-bond donors (Lipinski definition) is 1. The van der Waals surface area contributed by atoms with Crippen LogP contribution in [0.1, 0.15) is 18.5 Å². The number of rotatable bonds is 4. The number of nitrogens with one attached hydrogen (secondary N) is 1. The lowest BCUT2D eigenvalue weighted by Crippen LogP contribution is -2.10. The molecule has 4 heteroatoms. The number of nitrogens with zero attached hydrogens (tertiary/aromatic N) is 2. The Morgan fingerprint density at radius 2 is 2.00 bits per heavy atom. The van der Waals surface area contributed by atoms with Gasteiger partial charge in [0.05, 0.1) is 12.2 Å². The Hall–Kier alpha value is -2.10. The summed E-state index contributed by atoms with van der Waals surface area (Å²) in [6, 6.07) is 9.59. The SMILES string of the molecule is CC(Nc1cccc(N(C)C)c1)c1cncc(F)c1. The molecule has 3 nitrogen and oxygen atoms in total. The van der Waals surface area contributed by atoms with E-state index in [0.717, 1.165) is 16.9 Å². The van der Waals surface area contributed by atoms with Crippen molar-refractivity contribution in [3.8, 4) is 0 Å². The molecular weight excluding hydrogens is 241 g/mol. The van der Waals surface area contributed by atoms with E-state index in [9.17, 15) is 4.39 Å². The molecule has 0 aliphatic carbocycles. The third kappa shape index (κ3) is 3.44. The number of halogens is 1. The maximum Gasteiger partial charge on any atom is 0.141 e. The summed E-state index contributed by atoms with van der Waals surface area (Å²) < 4.78 is 13.1. The van der Waals surface area contributed by atoms with Crippen LogP contribution in [0.5, 0.6) is 0 Å². The highest BCUT2D eigenvalue weighted by molar-refractivity contribution is 5.58. The van der Waals surface area contributed by atoms with Crippen molar-refractivity contribution in [3.05, 3.63) is 54.1 Å². The molecule has 2 rings (SSSR count). The van der Waals surface area contributed by atoms with Gasteiger partial charge in [-0.25, -0.2) is 4.39 Å². The normalized spacial score (nSPS) is 12.0. The average Bonchev–Trinajstić information content (AvgIpc) is 2.39. The predicted molar refractivity (Wildman–Crippen MR) is 77.0 cm³/mol. The van der Waals surface area contributed by atoms with Gasteiger partial charge in [-0.05, 0) is 36.8 Å². The van der Waals surface area contributed by atoms with Crippen LogP contribution in [0.15, 0.2) is 42.7 Å². The van der Waals surface area contributed by atoms with Gasteiger partial charge in [-0.1, -0.05) is 6.07 Å². The van der Waals surface area contributed by atoms with Crippen LogP contribution in [0.25, 0.3) is 0 Å². The zero-order valence-electron chi connectivity index (χ0n) is 11.4. The minimum Gasteiger partial charge on any atom is -0.378 e. The molecule has 0 aliphatic heterocycles.